The van der Waals surface area contributed by atoms with Gasteiger partial charge in [0.15, 0.2) is 5.82 Å². The summed E-state index contributed by atoms with van der Waals surface area (Å²) in [6.07, 6.45) is 0. The van der Waals surface area contributed by atoms with Gasteiger partial charge in [0.05, 0.1) is 16.3 Å². The van der Waals surface area contributed by atoms with Crippen molar-refractivity contribution in [2.45, 2.75) is 13.8 Å². The zero-order valence-electron chi connectivity index (χ0n) is 10.8. The average molecular weight is 294 g/mol. The van der Waals surface area contributed by atoms with Crippen LogP contribution in [0.1, 0.15) is 16.8 Å². The van der Waals surface area contributed by atoms with Crippen molar-refractivity contribution in [3.63, 3.8) is 0 Å². The fraction of sp³-hybridized carbons (Fsp3) is 0.143. The Morgan fingerprint density at radius 1 is 1.25 bits per heavy atom. The highest BCUT2D eigenvalue weighted by molar-refractivity contribution is 6.33. The molecule has 102 valence electrons. The molecule has 0 radical (unpaired) electrons. The number of hydrogen-bond donors (Lipinski definition) is 1. The lowest BCUT2D eigenvalue weighted by Gasteiger charge is -2.12. The van der Waals surface area contributed by atoms with Crippen LogP contribution in [0.5, 0.6) is 0 Å². The number of pyridine rings is 1. The van der Waals surface area contributed by atoms with Crippen molar-refractivity contribution in [2.24, 2.45) is 0 Å². The predicted molar refractivity (Wildman–Crippen MR) is 73.1 cm³/mol. The maximum atomic E-state index is 13.7. The number of hydrogen-bond acceptors (Lipinski definition) is 3. The van der Waals surface area contributed by atoms with Crippen LogP contribution >= 0.6 is 11.6 Å². The molecule has 0 bridgehead atoms. The first-order chi connectivity index (χ1) is 9.42. The summed E-state index contributed by atoms with van der Waals surface area (Å²) in [6.45, 7) is 3.50. The van der Waals surface area contributed by atoms with Crippen molar-refractivity contribution in [2.75, 3.05) is 5.32 Å². The lowest BCUT2D eigenvalue weighted by molar-refractivity contribution is 0.586. The number of halogens is 3. The minimum absolute atomic E-state index is 0.109. The highest BCUT2D eigenvalue weighted by Crippen LogP contribution is 2.30. The first-order valence-corrected chi connectivity index (χ1v) is 6.10. The SMILES string of the molecule is Cc1cc(C)c(C#N)c(Nc2c(F)cc(F)cc2Cl)n1. The summed E-state index contributed by atoms with van der Waals surface area (Å²) >= 11 is 5.81. The molecule has 1 aromatic carbocycles. The molecule has 0 amide bonds. The van der Waals surface area contributed by atoms with E-state index in [0.717, 1.165) is 6.07 Å². The van der Waals surface area contributed by atoms with E-state index in [1.165, 1.54) is 0 Å². The smallest absolute Gasteiger partial charge is 0.151 e. The molecule has 0 saturated heterocycles. The minimum Gasteiger partial charge on any atom is -0.335 e. The summed E-state index contributed by atoms with van der Waals surface area (Å²) in [6, 6.07) is 5.44. The Labute approximate surface area is 119 Å². The van der Waals surface area contributed by atoms with Gasteiger partial charge in [0, 0.05) is 11.8 Å². The van der Waals surface area contributed by atoms with Crippen LogP contribution in [-0.2, 0) is 0 Å². The van der Waals surface area contributed by atoms with Crippen LogP contribution in [0.25, 0.3) is 0 Å². The van der Waals surface area contributed by atoms with Gasteiger partial charge in [-0.15, -0.1) is 0 Å². The highest BCUT2D eigenvalue weighted by atomic mass is 35.5. The van der Waals surface area contributed by atoms with Crippen molar-refractivity contribution in [3.05, 3.63) is 51.7 Å². The van der Waals surface area contributed by atoms with E-state index < -0.39 is 11.6 Å². The molecular weight excluding hydrogens is 284 g/mol. The fourth-order valence-electron chi connectivity index (χ4n) is 1.85. The van der Waals surface area contributed by atoms with Gasteiger partial charge in [-0.25, -0.2) is 13.8 Å². The molecular formula is C14H10ClF2N3. The molecule has 0 aliphatic heterocycles. The molecule has 20 heavy (non-hydrogen) atoms. The Morgan fingerprint density at radius 2 is 1.95 bits per heavy atom. The quantitative estimate of drug-likeness (QED) is 0.900. The predicted octanol–water partition coefficient (Wildman–Crippen LogP) is 4.25. The largest absolute Gasteiger partial charge is 0.335 e. The third kappa shape index (κ3) is 2.70. The maximum Gasteiger partial charge on any atom is 0.151 e. The lowest BCUT2D eigenvalue weighted by atomic mass is 10.1. The normalized spacial score (nSPS) is 10.2. The molecule has 2 aromatic rings. The van der Waals surface area contributed by atoms with Gasteiger partial charge in [-0.3, -0.25) is 0 Å². The van der Waals surface area contributed by atoms with Gasteiger partial charge in [-0.1, -0.05) is 11.6 Å². The molecule has 1 heterocycles. The number of benzene rings is 1. The van der Waals surface area contributed by atoms with Crippen LogP contribution < -0.4 is 5.32 Å². The standard InChI is InChI=1S/C14H10ClF2N3/c1-7-3-8(2)19-14(10(7)6-18)20-13-11(15)4-9(16)5-12(13)17/h3-5H,1-2H3,(H,19,20). The second-order valence-electron chi connectivity index (χ2n) is 4.29. The van der Waals surface area contributed by atoms with Gasteiger partial charge in [-0.2, -0.15) is 5.26 Å². The van der Waals surface area contributed by atoms with E-state index in [0.29, 0.717) is 17.3 Å². The van der Waals surface area contributed by atoms with E-state index in [1.807, 2.05) is 6.07 Å². The fourth-order valence-corrected chi connectivity index (χ4v) is 2.09. The molecule has 2 rings (SSSR count). The lowest BCUT2D eigenvalue weighted by Crippen LogP contribution is -2.03. The molecule has 6 heteroatoms. The molecule has 3 nitrogen and oxygen atoms in total. The van der Waals surface area contributed by atoms with Crippen LogP contribution in [0.3, 0.4) is 0 Å². The Hall–Kier alpha value is -2.19. The van der Waals surface area contributed by atoms with Crippen molar-refractivity contribution in [1.29, 1.82) is 5.26 Å². The van der Waals surface area contributed by atoms with Crippen LogP contribution in [0.4, 0.5) is 20.3 Å². The molecule has 1 aromatic heterocycles. The van der Waals surface area contributed by atoms with Gasteiger partial charge in [0.2, 0.25) is 0 Å². The average Bonchev–Trinajstić information content (AvgIpc) is 2.33. The first-order valence-electron chi connectivity index (χ1n) is 5.72. The summed E-state index contributed by atoms with van der Waals surface area (Å²) in [5.41, 5.74) is 1.56. The highest BCUT2D eigenvalue weighted by Gasteiger charge is 2.14. The van der Waals surface area contributed by atoms with Crippen molar-refractivity contribution >= 4 is 23.1 Å². The van der Waals surface area contributed by atoms with E-state index in [1.54, 1.807) is 19.9 Å². The monoisotopic (exact) mass is 293 g/mol. The van der Waals surface area contributed by atoms with Crippen molar-refractivity contribution in [3.8, 4) is 6.07 Å². The molecule has 0 unspecified atom stereocenters. The number of anilines is 2. The van der Waals surface area contributed by atoms with E-state index in [-0.39, 0.29) is 22.1 Å². The third-order valence-corrected chi connectivity index (χ3v) is 3.00. The molecule has 0 spiro atoms. The Balaban J connectivity index is 2.54. The Morgan fingerprint density at radius 3 is 2.55 bits per heavy atom. The molecule has 0 aliphatic carbocycles. The summed E-state index contributed by atoms with van der Waals surface area (Å²) in [5, 5.41) is 11.7. The Kier molecular flexibility index (Phi) is 3.86. The number of rotatable bonds is 2. The number of aromatic nitrogens is 1. The molecule has 0 saturated carbocycles. The third-order valence-electron chi connectivity index (χ3n) is 2.71. The topological polar surface area (TPSA) is 48.7 Å². The second-order valence-corrected chi connectivity index (χ2v) is 4.69. The van der Waals surface area contributed by atoms with Gasteiger partial charge in [0.25, 0.3) is 0 Å². The molecule has 1 N–H and O–H groups in total. The summed E-state index contributed by atoms with van der Waals surface area (Å²) in [7, 11) is 0. The molecule has 0 fully saturated rings. The van der Waals surface area contributed by atoms with Gasteiger partial charge in [0.1, 0.15) is 17.7 Å². The van der Waals surface area contributed by atoms with Crippen molar-refractivity contribution in [1.82, 2.24) is 4.98 Å². The van der Waals surface area contributed by atoms with Crippen LogP contribution in [0, 0.1) is 36.8 Å². The number of nitrogens with zero attached hydrogens (tertiary/aromatic N) is 2. The Bertz CT molecular complexity index is 700. The van der Waals surface area contributed by atoms with E-state index in [9.17, 15) is 8.78 Å². The van der Waals surface area contributed by atoms with Gasteiger partial charge >= 0.3 is 0 Å². The van der Waals surface area contributed by atoms with E-state index in [2.05, 4.69) is 10.3 Å². The van der Waals surface area contributed by atoms with Gasteiger partial charge < -0.3 is 5.32 Å². The summed E-state index contributed by atoms with van der Waals surface area (Å²) in [4.78, 5) is 4.15. The number of aryl methyl sites for hydroxylation is 2. The van der Waals surface area contributed by atoms with E-state index >= 15 is 0 Å². The molecule has 0 atom stereocenters. The van der Waals surface area contributed by atoms with E-state index in [4.69, 9.17) is 16.9 Å². The molecule has 0 aliphatic rings. The maximum absolute atomic E-state index is 13.7. The zero-order valence-corrected chi connectivity index (χ0v) is 11.5. The first kappa shape index (κ1) is 14.2. The summed E-state index contributed by atoms with van der Waals surface area (Å²) < 4.78 is 26.7. The van der Waals surface area contributed by atoms with Gasteiger partial charge in [-0.05, 0) is 31.5 Å². The summed E-state index contributed by atoms with van der Waals surface area (Å²) in [5.74, 6) is -1.43. The van der Waals surface area contributed by atoms with Crippen LogP contribution in [0.15, 0.2) is 18.2 Å². The number of nitrogens with one attached hydrogen (secondary N) is 1. The van der Waals surface area contributed by atoms with Crippen molar-refractivity contribution < 1.29 is 8.78 Å². The zero-order chi connectivity index (χ0) is 14.9. The van der Waals surface area contributed by atoms with Crippen LogP contribution in [0.2, 0.25) is 5.02 Å². The van der Waals surface area contributed by atoms with Crippen LogP contribution in [-0.4, -0.2) is 4.98 Å². The second kappa shape index (κ2) is 5.43. The minimum atomic E-state index is -0.847. The number of nitriles is 1.